The Bertz CT molecular complexity index is 596. The van der Waals surface area contributed by atoms with E-state index in [0.717, 1.165) is 24.2 Å². The fraction of sp³-hybridized carbons (Fsp3) is 0.267. The number of aromatic nitrogens is 2. The van der Waals surface area contributed by atoms with Crippen molar-refractivity contribution in [3.8, 4) is 0 Å². The van der Waals surface area contributed by atoms with Crippen molar-refractivity contribution in [2.75, 3.05) is 5.32 Å². The van der Waals surface area contributed by atoms with Crippen LogP contribution in [0.25, 0.3) is 0 Å². The lowest BCUT2D eigenvalue weighted by Gasteiger charge is -2.08. The second-order valence-corrected chi connectivity index (χ2v) is 4.88. The van der Waals surface area contributed by atoms with Crippen LogP contribution < -0.4 is 10.6 Å². The van der Waals surface area contributed by atoms with Gasteiger partial charge in [0.05, 0.1) is 18.4 Å². The molecule has 0 atom stereocenters. The van der Waals surface area contributed by atoms with E-state index in [1.54, 1.807) is 18.6 Å². The van der Waals surface area contributed by atoms with Gasteiger partial charge in [0.25, 0.3) is 5.91 Å². The summed E-state index contributed by atoms with van der Waals surface area (Å²) in [5.74, 6) is -0.00403. The molecule has 0 spiro atoms. The number of nitrogens with zero attached hydrogens (tertiary/aromatic N) is 2. The lowest BCUT2D eigenvalue weighted by molar-refractivity contribution is 0.0951. The van der Waals surface area contributed by atoms with E-state index in [0.29, 0.717) is 18.2 Å². The van der Waals surface area contributed by atoms with Crippen molar-refractivity contribution < 1.29 is 4.79 Å². The number of rotatable bonds is 5. The molecular formula is C15H16N4O. The Morgan fingerprint density at radius 2 is 2.20 bits per heavy atom. The van der Waals surface area contributed by atoms with E-state index >= 15 is 0 Å². The molecule has 3 rings (SSSR count). The highest BCUT2D eigenvalue weighted by atomic mass is 16.1. The van der Waals surface area contributed by atoms with Crippen molar-refractivity contribution in [2.45, 2.75) is 25.4 Å². The maximum absolute atomic E-state index is 12.0. The van der Waals surface area contributed by atoms with Crippen molar-refractivity contribution in [3.63, 3.8) is 0 Å². The van der Waals surface area contributed by atoms with Gasteiger partial charge in [-0.15, -0.1) is 0 Å². The van der Waals surface area contributed by atoms with Crippen molar-refractivity contribution in [2.24, 2.45) is 0 Å². The molecule has 0 bridgehead atoms. The predicted octanol–water partition coefficient (Wildman–Crippen LogP) is 1.98. The van der Waals surface area contributed by atoms with Crippen molar-refractivity contribution in [1.82, 2.24) is 15.3 Å². The zero-order valence-electron chi connectivity index (χ0n) is 11.0. The van der Waals surface area contributed by atoms with Gasteiger partial charge in [0.1, 0.15) is 0 Å². The van der Waals surface area contributed by atoms with Crippen LogP contribution in [0, 0.1) is 0 Å². The van der Waals surface area contributed by atoms with Crippen molar-refractivity contribution in [1.29, 1.82) is 0 Å². The zero-order valence-corrected chi connectivity index (χ0v) is 11.0. The number of hydrogen-bond donors (Lipinski definition) is 2. The van der Waals surface area contributed by atoms with Crippen molar-refractivity contribution >= 4 is 11.6 Å². The second kappa shape index (κ2) is 5.69. The third-order valence-corrected chi connectivity index (χ3v) is 3.13. The third kappa shape index (κ3) is 3.32. The highest BCUT2D eigenvalue weighted by molar-refractivity contribution is 5.95. The monoisotopic (exact) mass is 268 g/mol. The Morgan fingerprint density at radius 1 is 1.30 bits per heavy atom. The Hall–Kier alpha value is -2.43. The minimum Gasteiger partial charge on any atom is -0.379 e. The van der Waals surface area contributed by atoms with Gasteiger partial charge in [0.15, 0.2) is 0 Å². The number of benzene rings is 1. The van der Waals surface area contributed by atoms with Gasteiger partial charge in [-0.25, -0.2) is 0 Å². The first-order valence-corrected chi connectivity index (χ1v) is 6.71. The smallest absolute Gasteiger partial charge is 0.251 e. The molecule has 0 radical (unpaired) electrons. The van der Waals surface area contributed by atoms with Crippen molar-refractivity contribution in [3.05, 3.63) is 54.1 Å². The Kier molecular flexibility index (Phi) is 3.58. The van der Waals surface area contributed by atoms with E-state index in [-0.39, 0.29) is 5.91 Å². The SMILES string of the molecule is O=C(NC1CC1)c1cccc(NCc2cnccn2)c1. The zero-order chi connectivity index (χ0) is 13.8. The average molecular weight is 268 g/mol. The van der Waals surface area contributed by atoms with Gasteiger partial charge in [0.2, 0.25) is 0 Å². The van der Waals surface area contributed by atoms with E-state index in [9.17, 15) is 4.79 Å². The molecule has 1 aliphatic rings. The first-order valence-electron chi connectivity index (χ1n) is 6.71. The first-order chi connectivity index (χ1) is 9.81. The molecule has 0 aliphatic heterocycles. The molecule has 1 aliphatic carbocycles. The number of nitrogens with one attached hydrogen (secondary N) is 2. The largest absolute Gasteiger partial charge is 0.379 e. The Labute approximate surface area is 117 Å². The van der Waals surface area contributed by atoms with Gasteiger partial charge in [0, 0.05) is 29.7 Å². The third-order valence-electron chi connectivity index (χ3n) is 3.13. The van der Waals surface area contributed by atoms with Gasteiger partial charge < -0.3 is 10.6 Å². The fourth-order valence-corrected chi connectivity index (χ4v) is 1.88. The summed E-state index contributed by atoms with van der Waals surface area (Å²) in [5, 5.41) is 6.22. The molecule has 2 N–H and O–H groups in total. The number of carbonyl (C=O) groups excluding carboxylic acids is 1. The number of carbonyl (C=O) groups is 1. The maximum Gasteiger partial charge on any atom is 0.251 e. The van der Waals surface area contributed by atoms with Crippen LogP contribution >= 0.6 is 0 Å². The second-order valence-electron chi connectivity index (χ2n) is 4.88. The molecule has 5 nitrogen and oxygen atoms in total. The summed E-state index contributed by atoms with van der Waals surface area (Å²) >= 11 is 0. The molecule has 102 valence electrons. The van der Waals surface area contributed by atoms with Crippen LogP contribution in [0.15, 0.2) is 42.9 Å². The minimum atomic E-state index is -0.00403. The van der Waals surface area contributed by atoms with Gasteiger partial charge in [-0.05, 0) is 31.0 Å². The van der Waals surface area contributed by atoms with E-state index in [4.69, 9.17) is 0 Å². The minimum absolute atomic E-state index is 0.00403. The summed E-state index contributed by atoms with van der Waals surface area (Å²) in [7, 11) is 0. The average Bonchev–Trinajstić information content (AvgIpc) is 3.30. The lowest BCUT2D eigenvalue weighted by Crippen LogP contribution is -2.25. The molecule has 1 heterocycles. The highest BCUT2D eigenvalue weighted by Gasteiger charge is 2.23. The van der Waals surface area contributed by atoms with E-state index in [1.165, 1.54) is 0 Å². The lowest BCUT2D eigenvalue weighted by atomic mass is 10.2. The highest BCUT2D eigenvalue weighted by Crippen LogP contribution is 2.20. The van der Waals surface area contributed by atoms with Crippen LogP contribution in [-0.4, -0.2) is 21.9 Å². The maximum atomic E-state index is 12.0. The van der Waals surface area contributed by atoms with Crippen LogP contribution in [0.2, 0.25) is 0 Å². The number of anilines is 1. The standard InChI is InChI=1S/C15H16N4O/c20-15(19-12-4-5-12)11-2-1-3-13(8-11)18-10-14-9-16-6-7-17-14/h1-3,6-9,12,18H,4-5,10H2,(H,19,20). The van der Waals surface area contributed by atoms with E-state index in [1.807, 2.05) is 24.3 Å². The number of amides is 1. The van der Waals surface area contributed by atoms with Gasteiger partial charge in [-0.3, -0.25) is 14.8 Å². The molecule has 1 amide bonds. The molecule has 1 aromatic carbocycles. The Morgan fingerprint density at radius 3 is 2.95 bits per heavy atom. The molecule has 0 unspecified atom stereocenters. The summed E-state index contributed by atoms with van der Waals surface area (Å²) in [6, 6.07) is 7.86. The summed E-state index contributed by atoms with van der Waals surface area (Å²) < 4.78 is 0. The molecule has 1 fully saturated rings. The normalized spacial score (nSPS) is 13.8. The molecule has 2 aromatic rings. The summed E-state index contributed by atoms with van der Waals surface area (Å²) in [5.41, 5.74) is 2.44. The van der Waals surface area contributed by atoms with Crippen LogP contribution in [0.3, 0.4) is 0 Å². The van der Waals surface area contributed by atoms with Gasteiger partial charge in [-0.1, -0.05) is 6.07 Å². The van der Waals surface area contributed by atoms with Crippen LogP contribution in [0.4, 0.5) is 5.69 Å². The quantitative estimate of drug-likeness (QED) is 0.870. The fourth-order valence-electron chi connectivity index (χ4n) is 1.88. The molecule has 0 saturated heterocycles. The summed E-state index contributed by atoms with van der Waals surface area (Å²) in [6.07, 6.45) is 7.21. The Balaban J connectivity index is 1.63. The van der Waals surface area contributed by atoms with E-state index in [2.05, 4.69) is 20.6 Å². The number of hydrogen-bond acceptors (Lipinski definition) is 4. The molecule has 20 heavy (non-hydrogen) atoms. The van der Waals surface area contributed by atoms with E-state index < -0.39 is 0 Å². The molecule has 1 saturated carbocycles. The predicted molar refractivity (Wildman–Crippen MR) is 76.3 cm³/mol. The molecular weight excluding hydrogens is 252 g/mol. The van der Waals surface area contributed by atoms with Gasteiger partial charge in [-0.2, -0.15) is 0 Å². The van der Waals surface area contributed by atoms with Gasteiger partial charge >= 0.3 is 0 Å². The van der Waals surface area contributed by atoms with Crippen LogP contribution in [0.1, 0.15) is 28.9 Å². The summed E-state index contributed by atoms with van der Waals surface area (Å²) in [6.45, 7) is 0.585. The first kappa shape index (κ1) is 12.6. The summed E-state index contributed by atoms with van der Waals surface area (Å²) in [4.78, 5) is 20.2. The van der Waals surface area contributed by atoms with Crippen LogP contribution in [-0.2, 0) is 6.54 Å². The molecule has 5 heteroatoms. The van der Waals surface area contributed by atoms with Crippen LogP contribution in [0.5, 0.6) is 0 Å². The topological polar surface area (TPSA) is 66.9 Å². The molecule has 1 aromatic heterocycles.